The molecule has 1 aromatic rings. The summed E-state index contributed by atoms with van der Waals surface area (Å²) in [6.07, 6.45) is 0.706. The Bertz CT molecular complexity index is 275. The lowest BCUT2D eigenvalue weighted by Gasteiger charge is -1.94. The van der Waals surface area contributed by atoms with Crippen LogP contribution >= 0.6 is 23.2 Å². The van der Waals surface area contributed by atoms with E-state index in [1.165, 1.54) is 0 Å². The number of aldehydes is 1. The molecule has 1 aromatic heterocycles. The zero-order valence-corrected chi connectivity index (χ0v) is 7.36. The maximum absolute atomic E-state index is 10.3. The summed E-state index contributed by atoms with van der Waals surface area (Å²) >= 11 is 11.4. The van der Waals surface area contributed by atoms with Crippen molar-refractivity contribution in [2.45, 2.75) is 0 Å². The van der Waals surface area contributed by atoms with Crippen molar-refractivity contribution in [1.82, 2.24) is 0 Å². The first-order chi connectivity index (χ1) is 5.15. The Morgan fingerprint density at radius 2 is 1.82 bits per heavy atom. The summed E-state index contributed by atoms with van der Waals surface area (Å²) in [6, 6.07) is 3.11. The predicted octanol–water partition coefficient (Wildman–Crippen LogP) is 1.63. The molecule has 4 heteroatoms. The second-order valence-corrected chi connectivity index (χ2v) is 2.89. The van der Waals surface area contributed by atoms with Crippen molar-refractivity contribution in [2.75, 3.05) is 0 Å². The van der Waals surface area contributed by atoms with Crippen LogP contribution in [-0.4, -0.2) is 6.29 Å². The van der Waals surface area contributed by atoms with E-state index in [1.807, 2.05) is 0 Å². The normalized spacial score (nSPS) is 9.73. The molecule has 0 aliphatic carbocycles. The van der Waals surface area contributed by atoms with Gasteiger partial charge in [-0.25, -0.2) is 0 Å². The zero-order valence-electron chi connectivity index (χ0n) is 5.84. The van der Waals surface area contributed by atoms with Crippen molar-refractivity contribution in [3.63, 3.8) is 0 Å². The molecule has 1 heterocycles. The summed E-state index contributed by atoms with van der Waals surface area (Å²) < 4.78 is 1.58. The van der Waals surface area contributed by atoms with E-state index < -0.39 is 0 Å². The van der Waals surface area contributed by atoms with Crippen molar-refractivity contribution < 1.29 is 9.36 Å². The molecule has 0 fully saturated rings. The van der Waals surface area contributed by atoms with Gasteiger partial charge >= 0.3 is 0 Å². The third-order valence-electron chi connectivity index (χ3n) is 1.35. The van der Waals surface area contributed by atoms with Gasteiger partial charge < -0.3 is 0 Å². The van der Waals surface area contributed by atoms with Crippen LogP contribution in [0.4, 0.5) is 0 Å². The number of carbonyl (C=O) groups excluding carboxylic acids is 1. The molecule has 0 unspecified atom stereocenters. The molecule has 0 aliphatic rings. The van der Waals surface area contributed by atoms with E-state index in [-0.39, 0.29) is 0 Å². The SMILES string of the molecule is C[n+]1c(Cl)cc(C=O)cc1Cl. The topological polar surface area (TPSA) is 20.9 Å². The van der Waals surface area contributed by atoms with Gasteiger partial charge in [0.25, 0.3) is 10.3 Å². The lowest BCUT2D eigenvalue weighted by Crippen LogP contribution is -2.31. The first kappa shape index (κ1) is 8.50. The Hall–Kier alpha value is -0.600. The Morgan fingerprint density at radius 1 is 1.36 bits per heavy atom. The molecule has 0 atom stereocenters. The van der Waals surface area contributed by atoms with Gasteiger partial charge in [-0.1, -0.05) is 0 Å². The fraction of sp³-hybridized carbons (Fsp3) is 0.143. The van der Waals surface area contributed by atoms with Crippen LogP contribution in [0.25, 0.3) is 0 Å². The van der Waals surface area contributed by atoms with Gasteiger partial charge in [0.05, 0.1) is 0 Å². The maximum atomic E-state index is 10.3. The van der Waals surface area contributed by atoms with Gasteiger partial charge in [-0.3, -0.25) is 4.79 Å². The highest BCUT2D eigenvalue weighted by Gasteiger charge is 2.10. The minimum atomic E-state index is 0.444. The molecule has 0 aliphatic heterocycles. The number of carbonyl (C=O) groups is 1. The van der Waals surface area contributed by atoms with Gasteiger partial charge in [0.1, 0.15) is 7.05 Å². The van der Waals surface area contributed by atoms with E-state index in [0.29, 0.717) is 22.2 Å². The second kappa shape index (κ2) is 3.20. The third-order valence-corrected chi connectivity index (χ3v) is 2.07. The van der Waals surface area contributed by atoms with Crippen LogP contribution < -0.4 is 4.57 Å². The van der Waals surface area contributed by atoms with Gasteiger partial charge in [-0.15, -0.1) is 0 Å². The van der Waals surface area contributed by atoms with Crippen LogP contribution in [0.1, 0.15) is 10.4 Å². The van der Waals surface area contributed by atoms with E-state index >= 15 is 0 Å². The molecule has 0 aromatic carbocycles. The van der Waals surface area contributed by atoms with Gasteiger partial charge in [0.15, 0.2) is 6.29 Å². The Kier molecular flexibility index (Phi) is 2.47. The molecule has 0 saturated heterocycles. The van der Waals surface area contributed by atoms with Crippen molar-refractivity contribution in [3.05, 3.63) is 28.0 Å². The first-order valence-electron chi connectivity index (χ1n) is 2.95. The molecule has 58 valence electrons. The lowest BCUT2D eigenvalue weighted by atomic mass is 10.3. The summed E-state index contributed by atoms with van der Waals surface area (Å²) in [6.45, 7) is 0. The molecular weight excluding hydrogens is 185 g/mol. The standard InChI is InChI=1S/C7H6Cl2NO/c1-10-6(8)2-5(4-11)3-7(10)9/h2-4H,1H3/q+1. The first-order valence-corrected chi connectivity index (χ1v) is 3.71. The van der Waals surface area contributed by atoms with E-state index in [2.05, 4.69) is 0 Å². The largest absolute Gasteiger partial charge is 0.298 e. The number of pyridine rings is 1. The highest BCUT2D eigenvalue weighted by molar-refractivity contribution is 6.31. The van der Waals surface area contributed by atoms with E-state index in [4.69, 9.17) is 23.2 Å². The lowest BCUT2D eigenvalue weighted by molar-refractivity contribution is -0.667. The van der Waals surface area contributed by atoms with Gasteiger partial charge in [-0.05, 0) is 23.2 Å². The highest BCUT2D eigenvalue weighted by atomic mass is 35.5. The number of aromatic nitrogens is 1. The van der Waals surface area contributed by atoms with E-state index in [9.17, 15) is 4.79 Å². The highest BCUT2D eigenvalue weighted by Crippen LogP contribution is 2.10. The van der Waals surface area contributed by atoms with E-state index in [1.54, 1.807) is 23.7 Å². The molecule has 0 spiro atoms. The van der Waals surface area contributed by atoms with E-state index in [0.717, 1.165) is 0 Å². The van der Waals surface area contributed by atoms with Crippen molar-refractivity contribution in [1.29, 1.82) is 0 Å². The average molecular weight is 191 g/mol. The number of nitrogens with zero attached hydrogens (tertiary/aromatic N) is 1. The molecule has 0 amide bonds. The van der Waals surface area contributed by atoms with Gasteiger partial charge in [-0.2, -0.15) is 4.57 Å². The summed E-state index contributed by atoms with van der Waals surface area (Å²) in [5.41, 5.74) is 0.484. The van der Waals surface area contributed by atoms with Crippen LogP contribution in [0.2, 0.25) is 10.3 Å². The van der Waals surface area contributed by atoms with Crippen LogP contribution in [0.5, 0.6) is 0 Å². The molecule has 0 bridgehead atoms. The van der Waals surface area contributed by atoms with Gasteiger partial charge in [0.2, 0.25) is 0 Å². The summed E-state index contributed by atoms with van der Waals surface area (Å²) in [5, 5.41) is 0.888. The maximum Gasteiger partial charge on any atom is 0.276 e. The quantitative estimate of drug-likeness (QED) is 0.375. The van der Waals surface area contributed by atoms with Crippen LogP contribution in [0, 0.1) is 0 Å². The summed E-state index contributed by atoms with van der Waals surface area (Å²) in [5.74, 6) is 0. The number of halogens is 2. The fourth-order valence-corrected chi connectivity index (χ4v) is 1.16. The van der Waals surface area contributed by atoms with Gasteiger partial charge in [0, 0.05) is 17.7 Å². The Labute approximate surface area is 74.4 Å². The average Bonchev–Trinajstić information content (AvgIpc) is 1.99. The molecule has 0 saturated carbocycles. The molecule has 0 N–H and O–H groups in total. The minimum Gasteiger partial charge on any atom is -0.298 e. The molecule has 1 rings (SSSR count). The van der Waals surface area contributed by atoms with Crippen molar-refractivity contribution in [2.24, 2.45) is 7.05 Å². The predicted molar refractivity (Wildman–Crippen MR) is 43.0 cm³/mol. The van der Waals surface area contributed by atoms with Crippen molar-refractivity contribution in [3.8, 4) is 0 Å². The fourth-order valence-electron chi connectivity index (χ4n) is 0.680. The van der Waals surface area contributed by atoms with Crippen LogP contribution in [0.15, 0.2) is 12.1 Å². The third kappa shape index (κ3) is 1.70. The number of rotatable bonds is 1. The molecule has 0 radical (unpaired) electrons. The smallest absolute Gasteiger partial charge is 0.276 e. The monoisotopic (exact) mass is 190 g/mol. The molecular formula is C7H6Cl2NO+. The molecule has 11 heavy (non-hydrogen) atoms. The van der Waals surface area contributed by atoms with Crippen molar-refractivity contribution >= 4 is 29.5 Å². The Balaban J connectivity index is 3.31. The number of hydrogen-bond donors (Lipinski definition) is 0. The van der Waals surface area contributed by atoms with Crippen LogP contribution in [-0.2, 0) is 7.05 Å². The Morgan fingerprint density at radius 3 is 2.18 bits per heavy atom. The van der Waals surface area contributed by atoms with Crippen LogP contribution in [0.3, 0.4) is 0 Å². The molecule has 2 nitrogen and oxygen atoms in total. The number of hydrogen-bond acceptors (Lipinski definition) is 1. The summed E-state index contributed by atoms with van der Waals surface area (Å²) in [7, 11) is 1.72. The second-order valence-electron chi connectivity index (χ2n) is 2.11. The zero-order chi connectivity index (χ0) is 8.43. The summed E-state index contributed by atoms with van der Waals surface area (Å²) in [4.78, 5) is 10.3. The minimum absolute atomic E-state index is 0.444.